The lowest BCUT2D eigenvalue weighted by atomic mass is 10.1. The lowest BCUT2D eigenvalue weighted by molar-refractivity contribution is -0.274. The maximum absolute atomic E-state index is 12.1. The number of aliphatic hydroxyl groups is 1. The predicted molar refractivity (Wildman–Crippen MR) is 79.8 cm³/mol. The first-order chi connectivity index (χ1) is 11.6. The topological polar surface area (TPSA) is 82.1 Å². The van der Waals surface area contributed by atoms with Crippen LogP contribution in [0.4, 0.5) is 13.2 Å². The molecule has 0 aliphatic heterocycles. The Bertz CT molecular complexity index is 587. The number of rotatable bonds is 8. The third kappa shape index (κ3) is 7.88. The summed E-state index contributed by atoms with van der Waals surface area (Å²) in [5.74, 6) is -2.30. The molecule has 1 N–H and O–H groups in total. The summed E-state index contributed by atoms with van der Waals surface area (Å²) in [4.78, 5) is 23.2. The molecule has 0 radical (unpaired) electrons. The van der Waals surface area contributed by atoms with E-state index in [1.54, 1.807) is 13.8 Å². The van der Waals surface area contributed by atoms with Gasteiger partial charge in [0, 0.05) is 0 Å². The van der Waals surface area contributed by atoms with Crippen LogP contribution >= 0.6 is 0 Å². The van der Waals surface area contributed by atoms with Crippen LogP contribution in [0.2, 0.25) is 0 Å². The second kappa shape index (κ2) is 9.26. The zero-order chi connectivity index (χ0) is 19.0. The molecule has 0 aliphatic rings. The van der Waals surface area contributed by atoms with E-state index in [-0.39, 0.29) is 18.1 Å². The molecule has 0 saturated carbocycles. The highest BCUT2D eigenvalue weighted by molar-refractivity contribution is 5.89. The van der Waals surface area contributed by atoms with Crippen LogP contribution in [0.3, 0.4) is 0 Å². The predicted octanol–water partition coefficient (Wildman–Crippen LogP) is 2.69. The van der Waals surface area contributed by atoms with Gasteiger partial charge in [-0.2, -0.15) is 0 Å². The number of hydrogen-bond acceptors (Lipinski definition) is 6. The van der Waals surface area contributed by atoms with E-state index in [9.17, 15) is 27.9 Å². The standard InChI is InChI=1S/C16H19F3O6/c1-3-10(2)14(21)23-8-12(20)9-24-15(22)11-5-4-6-13(7-11)25-16(17,18)19/h4-7,10,12,20H,3,8-9H2,1-2H3. The van der Waals surface area contributed by atoms with Gasteiger partial charge < -0.3 is 19.3 Å². The van der Waals surface area contributed by atoms with Crippen LogP contribution in [0, 0.1) is 5.92 Å². The van der Waals surface area contributed by atoms with Crippen molar-refractivity contribution in [1.82, 2.24) is 0 Å². The molecule has 1 aromatic carbocycles. The Morgan fingerprint density at radius 1 is 1.20 bits per heavy atom. The Labute approximate surface area is 142 Å². The fourth-order valence-corrected chi connectivity index (χ4v) is 1.61. The minimum absolute atomic E-state index is 0.175. The highest BCUT2D eigenvalue weighted by Crippen LogP contribution is 2.23. The van der Waals surface area contributed by atoms with E-state index >= 15 is 0 Å². The van der Waals surface area contributed by atoms with E-state index in [0.717, 1.165) is 12.1 Å². The van der Waals surface area contributed by atoms with Crippen LogP contribution in [0.1, 0.15) is 30.6 Å². The van der Waals surface area contributed by atoms with Gasteiger partial charge in [0.25, 0.3) is 0 Å². The van der Waals surface area contributed by atoms with E-state index in [4.69, 9.17) is 9.47 Å². The maximum Gasteiger partial charge on any atom is 0.573 e. The van der Waals surface area contributed by atoms with Gasteiger partial charge >= 0.3 is 18.3 Å². The summed E-state index contributed by atoms with van der Waals surface area (Å²) in [6.45, 7) is 2.65. The molecule has 0 amide bonds. The van der Waals surface area contributed by atoms with Gasteiger partial charge in [0.15, 0.2) is 0 Å². The van der Waals surface area contributed by atoms with Crippen molar-refractivity contribution in [2.75, 3.05) is 13.2 Å². The van der Waals surface area contributed by atoms with Crippen LogP contribution in [0.5, 0.6) is 5.75 Å². The van der Waals surface area contributed by atoms with Crippen molar-refractivity contribution < 1.29 is 42.1 Å². The quantitative estimate of drug-likeness (QED) is 0.715. The second-order valence-electron chi connectivity index (χ2n) is 5.27. The summed E-state index contributed by atoms with van der Waals surface area (Å²) < 4.78 is 49.8. The number of benzene rings is 1. The van der Waals surface area contributed by atoms with Gasteiger partial charge in [-0.15, -0.1) is 13.2 Å². The third-order valence-electron chi connectivity index (χ3n) is 3.14. The van der Waals surface area contributed by atoms with Gasteiger partial charge in [-0.05, 0) is 24.6 Å². The van der Waals surface area contributed by atoms with Crippen molar-refractivity contribution >= 4 is 11.9 Å². The second-order valence-corrected chi connectivity index (χ2v) is 5.27. The molecule has 2 atom stereocenters. The number of alkyl halides is 3. The monoisotopic (exact) mass is 364 g/mol. The fourth-order valence-electron chi connectivity index (χ4n) is 1.61. The Balaban J connectivity index is 2.48. The van der Waals surface area contributed by atoms with E-state index in [0.29, 0.717) is 6.42 Å². The van der Waals surface area contributed by atoms with E-state index in [2.05, 4.69) is 4.74 Å². The van der Waals surface area contributed by atoms with Crippen molar-refractivity contribution in [1.29, 1.82) is 0 Å². The van der Waals surface area contributed by atoms with Crippen molar-refractivity contribution in [3.63, 3.8) is 0 Å². The number of esters is 2. The molecule has 1 aromatic rings. The summed E-state index contributed by atoms with van der Waals surface area (Å²) in [5, 5.41) is 9.63. The highest BCUT2D eigenvalue weighted by atomic mass is 19.4. The van der Waals surface area contributed by atoms with Gasteiger partial charge in [0.1, 0.15) is 25.1 Å². The minimum Gasteiger partial charge on any atom is -0.463 e. The Morgan fingerprint density at radius 2 is 1.84 bits per heavy atom. The Kier molecular flexibility index (Phi) is 7.69. The van der Waals surface area contributed by atoms with E-state index in [1.165, 1.54) is 12.1 Å². The maximum atomic E-state index is 12.1. The molecule has 1 rings (SSSR count). The van der Waals surface area contributed by atoms with Crippen molar-refractivity contribution in [2.45, 2.75) is 32.7 Å². The number of ether oxygens (including phenoxy) is 3. The first kappa shape index (κ1) is 20.8. The first-order valence-electron chi connectivity index (χ1n) is 7.50. The average molecular weight is 364 g/mol. The molecule has 0 aromatic heterocycles. The van der Waals surface area contributed by atoms with Gasteiger partial charge in [-0.25, -0.2) is 4.79 Å². The van der Waals surface area contributed by atoms with Gasteiger partial charge in [-0.3, -0.25) is 4.79 Å². The summed E-state index contributed by atoms with van der Waals surface area (Å²) in [6.07, 6.45) is -5.54. The minimum atomic E-state index is -4.88. The van der Waals surface area contributed by atoms with Gasteiger partial charge in [-0.1, -0.05) is 19.9 Å². The normalized spacial score (nSPS) is 13.7. The van der Waals surface area contributed by atoms with Gasteiger partial charge in [0.2, 0.25) is 0 Å². The first-order valence-corrected chi connectivity index (χ1v) is 7.50. The Morgan fingerprint density at radius 3 is 2.44 bits per heavy atom. The largest absolute Gasteiger partial charge is 0.573 e. The molecule has 0 aliphatic carbocycles. The molecule has 9 heteroatoms. The van der Waals surface area contributed by atoms with E-state index < -0.39 is 36.8 Å². The molecule has 2 unspecified atom stereocenters. The van der Waals surface area contributed by atoms with Crippen LogP contribution in [-0.2, 0) is 14.3 Å². The lowest BCUT2D eigenvalue weighted by Gasteiger charge is -2.14. The number of halogens is 3. The van der Waals surface area contributed by atoms with Crippen LogP contribution in [0.25, 0.3) is 0 Å². The summed E-state index contributed by atoms with van der Waals surface area (Å²) in [7, 11) is 0. The summed E-state index contributed by atoms with van der Waals surface area (Å²) in [6, 6.07) is 4.33. The number of carbonyl (C=O) groups excluding carboxylic acids is 2. The lowest BCUT2D eigenvalue weighted by Crippen LogP contribution is -2.27. The van der Waals surface area contributed by atoms with Crippen molar-refractivity contribution in [3.05, 3.63) is 29.8 Å². The van der Waals surface area contributed by atoms with Crippen LogP contribution in [0.15, 0.2) is 24.3 Å². The van der Waals surface area contributed by atoms with Gasteiger partial charge in [0.05, 0.1) is 11.5 Å². The van der Waals surface area contributed by atoms with Crippen molar-refractivity contribution in [2.24, 2.45) is 5.92 Å². The molecule has 0 fully saturated rings. The van der Waals surface area contributed by atoms with Crippen LogP contribution < -0.4 is 4.74 Å². The molecule has 6 nitrogen and oxygen atoms in total. The summed E-state index contributed by atoms with van der Waals surface area (Å²) in [5.41, 5.74) is -0.175. The molecule has 0 spiro atoms. The third-order valence-corrected chi connectivity index (χ3v) is 3.14. The average Bonchev–Trinajstić information content (AvgIpc) is 2.55. The SMILES string of the molecule is CCC(C)C(=O)OCC(O)COC(=O)c1cccc(OC(F)(F)F)c1. The number of aliphatic hydroxyl groups excluding tert-OH is 1. The van der Waals surface area contributed by atoms with E-state index in [1.807, 2.05) is 0 Å². The molecule has 0 heterocycles. The summed E-state index contributed by atoms with van der Waals surface area (Å²) >= 11 is 0. The zero-order valence-corrected chi connectivity index (χ0v) is 13.7. The molecule has 140 valence electrons. The smallest absolute Gasteiger partial charge is 0.463 e. The molecular weight excluding hydrogens is 345 g/mol. The molecular formula is C16H19F3O6. The van der Waals surface area contributed by atoms with Crippen LogP contribution in [-0.4, -0.2) is 42.7 Å². The number of carbonyl (C=O) groups is 2. The molecule has 0 bridgehead atoms. The fraction of sp³-hybridized carbons (Fsp3) is 0.500. The highest BCUT2D eigenvalue weighted by Gasteiger charge is 2.31. The molecule has 0 saturated heterocycles. The molecule has 25 heavy (non-hydrogen) atoms. The zero-order valence-electron chi connectivity index (χ0n) is 13.7. The van der Waals surface area contributed by atoms with Crippen molar-refractivity contribution in [3.8, 4) is 5.75 Å². The number of hydrogen-bond donors (Lipinski definition) is 1. The Hall–Kier alpha value is -2.29.